The predicted octanol–water partition coefficient (Wildman–Crippen LogP) is 2.56. The molecule has 1 atom stereocenters. The topological polar surface area (TPSA) is 97.6 Å². The van der Waals surface area contributed by atoms with E-state index < -0.39 is 32.5 Å². The zero-order valence-corrected chi connectivity index (χ0v) is 15.1. The minimum absolute atomic E-state index is 0.0480. The van der Waals surface area contributed by atoms with Gasteiger partial charge in [-0.2, -0.15) is 0 Å². The number of benzene rings is 2. The maximum atomic E-state index is 14.1. The minimum atomic E-state index is -3.28. The highest BCUT2D eigenvalue weighted by Crippen LogP contribution is 2.24. The van der Waals surface area contributed by atoms with E-state index in [2.05, 4.69) is 0 Å². The van der Waals surface area contributed by atoms with Gasteiger partial charge >= 0.3 is 0 Å². The first-order valence-electron chi connectivity index (χ1n) is 8.26. The molecule has 1 aliphatic heterocycles. The average molecular weight is 392 g/mol. The van der Waals surface area contributed by atoms with Crippen LogP contribution in [0.15, 0.2) is 48.5 Å². The lowest BCUT2D eigenvalue weighted by atomic mass is 10.1. The van der Waals surface area contributed by atoms with Crippen molar-refractivity contribution in [1.29, 1.82) is 0 Å². The standard InChI is InChI=1S/C18H17FN2O5S/c19-17-7-2-1-4-14(17)11-20(16-8-9-27(25,26)12-16)18(22)13-5-3-6-15(10-13)21(23)24/h1-7,10,16H,8-9,11-12H2. The smallest absolute Gasteiger partial charge is 0.270 e. The molecule has 1 aliphatic rings. The number of hydrogen-bond donors (Lipinski definition) is 0. The molecule has 2 aromatic carbocycles. The van der Waals surface area contributed by atoms with Crippen molar-refractivity contribution in [2.45, 2.75) is 19.0 Å². The van der Waals surface area contributed by atoms with Crippen molar-refractivity contribution >= 4 is 21.4 Å². The summed E-state index contributed by atoms with van der Waals surface area (Å²) in [6, 6.07) is 10.5. The van der Waals surface area contributed by atoms with Gasteiger partial charge in [-0.05, 0) is 18.6 Å². The summed E-state index contributed by atoms with van der Waals surface area (Å²) in [7, 11) is -3.28. The summed E-state index contributed by atoms with van der Waals surface area (Å²) in [5.41, 5.74) is 0.0659. The second-order valence-electron chi connectivity index (χ2n) is 6.39. The number of nitro groups is 1. The monoisotopic (exact) mass is 392 g/mol. The first kappa shape index (κ1) is 19.0. The van der Waals surface area contributed by atoms with Crippen LogP contribution in [0.2, 0.25) is 0 Å². The van der Waals surface area contributed by atoms with Crippen LogP contribution in [0.3, 0.4) is 0 Å². The van der Waals surface area contributed by atoms with E-state index in [0.717, 1.165) is 6.07 Å². The molecule has 0 radical (unpaired) electrons. The van der Waals surface area contributed by atoms with Gasteiger partial charge in [0.2, 0.25) is 0 Å². The summed E-state index contributed by atoms with van der Waals surface area (Å²) in [5.74, 6) is -1.32. The number of hydrogen-bond acceptors (Lipinski definition) is 5. The first-order chi connectivity index (χ1) is 12.8. The van der Waals surface area contributed by atoms with Crippen molar-refractivity contribution in [3.63, 3.8) is 0 Å². The molecule has 0 N–H and O–H groups in total. The molecule has 0 aliphatic carbocycles. The Morgan fingerprint density at radius 1 is 1.22 bits per heavy atom. The minimum Gasteiger partial charge on any atom is -0.330 e. The third kappa shape index (κ3) is 4.30. The highest BCUT2D eigenvalue weighted by Gasteiger charge is 2.35. The summed E-state index contributed by atoms with van der Waals surface area (Å²) in [6.07, 6.45) is 0.247. The van der Waals surface area contributed by atoms with E-state index in [0.29, 0.717) is 0 Å². The molecule has 1 heterocycles. The summed E-state index contributed by atoms with van der Waals surface area (Å²) < 4.78 is 37.8. The largest absolute Gasteiger partial charge is 0.330 e. The molecule has 142 valence electrons. The molecular formula is C18H17FN2O5S. The zero-order chi connectivity index (χ0) is 19.6. The van der Waals surface area contributed by atoms with Gasteiger partial charge in [0.05, 0.1) is 16.4 Å². The summed E-state index contributed by atoms with van der Waals surface area (Å²) in [5, 5.41) is 11.0. The van der Waals surface area contributed by atoms with Gasteiger partial charge in [0.15, 0.2) is 9.84 Å². The van der Waals surface area contributed by atoms with Crippen LogP contribution in [-0.4, -0.2) is 41.7 Å². The van der Waals surface area contributed by atoms with Crippen molar-refractivity contribution in [3.05, 3.63) is 75.6 Å². The fourth-order valence-corrected chi connectivity index (χ4v) is 4.85. The molecule has 27 heavy (non-hydrogen) atoms. The quantitative estimate of drug-likeness (QED) is 0.575. The summed E-state index contributed by atoms with van der Waals surface area (Å²) in [4.78, 5) is 24.7. The Bertz CT molecular complexity index is 993. The number of sulfone groups is 1. The molecular weight excluding hydrogens is 375 g/mol. The molecule has 0 spiro atoms. The van der Waals surface area contributed by atoms with Gasteiger partial charge < -0.3 is 4.90 Å². The normalized spacial score (nSPS) is 18.2. The average Bonchev–Trinajstić information content (AvgIpc) is 3.00. The van der Waals surface area contributed by atoms with Crippen LogP contribution in [0.5, 0.6) is 0 Å². The van der Waals surface area contributed by atoms with Gasteiger partial charge in [0.1, 0.15) is 5.82 Å². The molecule has 9 heteroatoms. The van der Waals surface area contributed by atoms with Crippen LogP contribution in [0, 0.1) is 15.9 Å². The van der Waals surface area contributed by atoms with E-state index in [9.17, 15) is 27.7 Å². The highest BCUT2D eigenvalue weighted by atomic mass is 32.2. The number of amides is 1. The number of nitro benzene ring substituents is 1. The van der Waals surface area contributed by atoms with Gasteiger partial charge in [-0.3, -0.25) is 14.9 Å². The Kier molecular flexibility index (Phi) is 5.22. The summed E-state index contributed by atoms with van der Waals surface area (Å²) >= 11 is 0. The molecule has 1 fully saturated rings. The van der Waals surface area contributed by atoms with E-state index in [1.54, 1.807) is 6.07 Å². The Labute approximate surface area is 155 Å². The van der Waals surface area contributed by atoms with Crippen molar-refractivity contribution < 1.29 is 22.5 Å². The van der Waals surface area contributed by atoms with Crippen molar-refractivity contribution in [1.82, 2.24) is 4.90 Å². The van der Waals surface area contributed by atoms with Gasteiger partial charge in [-0.25, -0.2) is 12.8 Å². The zero-order valence-electron chi connectivity index (χ0n) is 14.2. The molecule has 2 aromatic rings. The predicted molar refractivity (Wildman–Crippen MR) is 96.4 cm³/mol. The van der Waals surface area contributed by atoms with Crippen LogP contribution < -0.4 is 0 Å². The van der Waals surface area contributed by atoms with E-state index >= 15 is 0 Å². The second-order valence-corrected chi connectivity index (χ2v) is 8.62. The molecule has 3 rings (SSSR count). The van der Waals surface area contributed by atoms with Crippen molar-refractivity contribution in [3.8, 4) is 0 Å². The number of non-ortho nitro benzene ring substituents is 1. The third-order valence-corrected chi connectivity index (χ3v) is 6.26. The van der Waals surface area contributed by atoms with Crippen LogP contribution in [0.4, 0.5) is 10.1 Å². The number of carbonyl (C=O) groups excluding carboxylic acids is 1. The molecule has 1 saturated heterocycles. The van der Waals surface area contributed by atoms with E-state index in [1.165, 1.54) is 41.3 Å². The molecule has 1 unspecified atom stereocenters. The van der Waals surface area contributed by atoms with E-state index in [-0.39, 0.29) is 41.3 Å². The van der Waals surface area contributed by atoms with Crippen molar-refractivity contribution in [2.75, 3.05) is 11.5 Å². The second kappa shape index (κ2) is 7.43. The van der Waals surface area contributed by atoms with Gasteiger partial charge in [-0.15, -0.1) is 0 Å². The maximum absolute atomic E-state index is 14.1. The van der Waals surface area contributed by atoms with Gasteiger partial charge in [-0.1, -0.05) is 24.3 Å². The summed E-state index contributed by atoms with van der Waals surface area (Å²) in [6.45, 7) is -0.117. The molecule has 1 amide bonds. The lowest BCUT2D eigenvalue weighted by Crippen LogP contribution is -2.40. The Balaban J connectivity index is 1.96. The fraction of sp³-hybridized carbons (Fsp3) is 0.278. The lowest BCUT2D eigenvalue weighted by Gasteiger charge is -2.28. The third-order valence-electron chi connectivity index (χ3n) is 4.51. The Hall–Kier alpha value is -2.81. The number of rotatable bonds is 5. The number of nitrogens with zero attached hydrogens (tertiary/aromatic N) is 2. The molecule has 0 bridgehead atoms. The molecule has 7 nitrogen and oxygen atoms in total. The maximum Gasteiger partial charge on any atom is 0.270 e. The Morgan fingerprint density at radius 2 is 1.96 bits per heavy atom. The molecule has 0 aromatic heterocycles. The number of halogens is 1. The van der Waals surface area contributed by atoms with Gasteiger partial charge in [0.25, 0.3) is 11.6 Å². The van der Waals surface area contributed by atoms with E-state index in [4.69, 9.17) is 0 Å². The Morgan fingerprint density at radius 3 is 2.59 bits per heavy atom. The van der Waals surface area contributed by atoms with E-state index in [1.807, 2.05) is 0 Å². The van der Waals surface area contributed by atoms with Crippen LogP contribution in [0.25, 0.3) is 0 Å². The number of carbonyl (C=O) groups is 1. The first-order valence-corrected chi connectivity index (χ1v) is 10.1. The van der Waals surface area contributed by atoms with Crippen LogP contribution in [-0.2, 0) is 16.4 Å². The van der Waals surface area contributed by atoms with Crippen LogP contribution >= 0.6 is 0 Å². The van der Waals surface area contributed by atoms with Gasteiger partial charge in [0, 0.05) is 35.8 Å². The SMILES string of the molecule is O=C(c1cccc([N+](=O)[O-])c1)N(Cc1ccccc1F)C1CCS(=O)(=O)C1. The van der Waals surface area contributed by atoms with Crippen molar-refractivity contribution in [2.24, 2.45) is 0 Å². The fourth-order valence-electron chi connectivity index (χ4n) is 3.12. The highest BCUT2D eigenvalue weighted by molar-refractivity contribution is 7.91. The van der Waals surface area contributed by atoms with Crippen LogP contribution in [0.1, 0.15) is 22.3 Å². The lowest BCUT2D eigenvalue weighted by molar-refractivity contribution is -0.384. The molecule has 0 saturated carbocycles.